The fourth-order valence-electron chi connectivity index (χ4n) is 3.52. The molecule has 0 saturated carbocycles. The van der Waals surface area contributed by atoms with E-state index in [1.807, 2.05) is 0 Å². The number of sulfonamides is 1. The van der Waals surface area contributed by atoms with Gasteiger partial charge in [-0.15, -0.1) is 0 Å². The zero-order chi connectivity index (χ0) is 23.0. The van der Waals surface area contributed by atoms with Crippen LogP contribution in [0.25, 0.3) is 0 Å². The van der Waals surface area contributed by atoms with Crippen LogP contribution < -0.4 is 11.0 Å². The summed E-state index contributed by atoms with van der Waals surface area (Å²) in [4.78, 5) is 24.7. The van der Waals surface area contributed by atoms with E-state index in [9.17, 15) is 31.2 Å². The van der Waals surface area contributed by atoms with Crippen molar-refractivity contribution in [3.63, 3.8) is 0 Å². The van der Waals surface area contributed by atoms with Gasteiger partial charge in [0.05, 0.1) is 11.8 Å². The Balaban J connectivity index is 1.70. The van der Waals surface area contributed by atoms with Gasteiger partial charge in [0.1, 0.15) is 12.4 Å². The molecule has 1 aliphatic heterocycles. The van der Waals surface area contributed by atoms with E-state index >= 15 is 0 Å². The molecule has 0 bridgehead atoms. The van der Waals surface area contributed by atoms with Gasteiger partial charge in [-0.2, -0.15) is 18.3 Å². The van der Waals surface area contributed by atoms with Gasteiger partial charge in [0.15, 0.2) is 0 Å². The molecule has 31 heavy (non-hydrogen) atoms. The Kier molecular flexibility index (Phi) is 6.28. The van der Waals surface area contributed by atoms with Crippen molar-refractivity contribution in [2.75, 3.05) is 24.7 Å². The van der Waals surface area contributed by atoms with Crippen molar-refractivity contribution in [3.05, 3.63) is 46.1 Å². The summed E-state index contributed by atoms with van der Waals surface area (Å²) in [5, 5.41) is 6.56. The molecule has 1 N–H and O–H groups in total. The number of benzene rings is 1. The number of aromatic nitrogens is 3. The molecule has 2 heterocycles. The summed E-state index contributed by atoms with van der Waals surface area (Å²) in [6.07, 6.45) is -2.44. The van der Waals surface area contributed by atoms with E-state index < -0.39 is 39.9 Å². The summed E-state index contributed by atoms with van der Waals surface area (Å²) in [5.74, 6) is -0.411. The molecule has 1 aromatic heterocycles. The third-order valence-corrected chi connectivity index (χ3v) is 6.43. The first-order valence-corrected chi connectivity index (χ1v) is 11.3. The highest BCUT2D eigenvalue weighted by Gasteiger charge is 2.31. The van der Waals surface area contributed by atoms with Crippen LogP contribution in [-0.2, 0) is 34.6 Å². The van der Waals surface area contributed by atoms with E-state index in [0.29, 0.717) is 31.8 Å². The van der Waals surface area contributed by atoms with Crippen LogP contribution in [0.3, 0.4) is 0 Å². The van der Waals surface area contributed by atoms with Crippen molar-refractivity contribution >= 4 is 21.6 Å². The lowest BCUT2D eigenvalue weighted by atomic mass is 9.97. The lowest BCUT2D eigenvalue weighted by Gasteiger charge is -2.29. The van der Waals surface area contributed by atoms with E-state index in [1.54, 1.807) is 0 Å². The van der Waals surface area contributed by atoms with E-state index in [0.717, 1.165) is 23.1 Å². The molecule has 0 radical (unpaired) electrons. The first kappa shape index (κ1) is 23.0. The van der Waals surface area contributed by atoms with E-state index in [4.69, 9.17) is 0 Å². The molecule has 0 aliphatic carbocycles. The highest BCUT2D eigenvalue weighted by atomic mass is 32.2. The maximum absolute atomic E-state index is 12.8. The number of carbonyl (C=O) groups is 1. The van der Waals surface area contributed by atoms with Crippen molar-refractivity contribution < 1.29 is 26.4 Å². The predicted molar refractivity (Wildman–Crippen MR) is 106 cm³/mol. The average Bonchev–Trinajstić information content (AvgIpc) is 2.95. The van der Waals surface area contributed by atoms with Crippen LogP contribution in [-0.4, -0.2) is 52.3 Å². The quantitative estimate of drug-likeness (QED) is 0.724. The number of anilines is 1. The molecule has 1 aliphatic rings. The molecule has 0 spiro atoms. The van der Waals surface area contributed by atoms with Gasteiger partial charge in [0.25, 0.3) is 0 Å². The van der Waals surface area contributed by atoms with Gasteiger partial charge >= 0.3 is 11.9 Å². The lowest BCUT2D eigenvalue weighted by molar-refractivity contribution is -0.137. The minimum absolute atomic E-state index is 0.0443. The summed E-state index contributed by atoms with van der Waals surface area (Å²) in [6.45, 7) is 0.145. The zero-order valence-electron chi connectivity index (χ0n) is 16.9. The summed E-state index contributed by atoms with van der Waals surface area (Å²) in [6, 6.07) is 4.18. The first-order chi connectivity index (χ1) is 14.4. The minimum atomic E-state index is -4.54. The molecule has 13 heteroatoms. The molecule has 2 aromatic rings. The Morgan fingerprint density at radius 2 is 1.90 bits per heavy atom. The second kappa shape index (κ2) is 8.46. The molecule has 0 unspecified atom stereocenters. The molecular weight excluding hydrogens is 439 g/mol. The van der Waals surface area contributed by atoms with Gasteiger partial charge in [-0.1, -0.05) is 6.07 Å². The lowest BCUT2D eigenvalue weighted by Crippen LogP contribution is -2.37. The molecule has 9 nitrogen and oxygen atoms in total. The van der Waals surface area contributed by atoms with Crippen molar-refractivity contribution in [1.82, 2.24) is 18.7 Å². The van der Waals surface area contributed by atoms with E-state index in [1.165, 1.54) is 28.1 Å². The number of hydrogen-bond donors (Lipinski definition) is 1. The number of nitrogens with zero attached hydrogens (tertiary/aromatic N) is 4. The molecule has 1 saturated heterocycles. The van der Waals surface area contributed by atoms with Crippen LogP contribution in [0.2, 0.25) is 0 Å². The van der Waals surface area contributed by atoms with Gasteiger partial charge in [-0.3, -0.25) is 9.36 Å². The number of nitrogens with one attached hydrogen (secondary N) is 1. The number of hydrogen-bond acceptors (Lipinski definition) is 5. The van der Waals surface area contributed by atoms with Crippen LogP contribution >= 0.6 is 0 Å². The number of amides is 1. The van der Waals surface area contributed by atoms with Gasteiger partial charge in [-0.25, -0.2) is 22.2 Å². The predicted octanol–water partition coefficient (Wildman–Crippen LogP) is 1.38. The average molecular weight is 461 g/mol. The number of piperidine rings is 1. The molecular formula is C18H22F3N5O4S. The van der Waals surface area contributed by atoms with Crippen molar-refractivity contribution in [1.29, 1.82) is 0 Å². The van der Waals surface area contributed by atoms with Crippen LogP contribution in [0.15, 0.2) is 29.1 Å². The second-order valence-corrected chi connectivity index (χ2v) is 9.40. The van der Waals surface area contributed by atoms with Gasteiger partial charge < -0.3 is 5.32 Å². The number of carbonyl (C=O) groups excluding carboxylic acids is 1. The second-order valence-electron chi connectivity index (χ2n) is 7.42. The molecule has 1 aromatic carbocycles. The first-order valence-electron chi connectivity index (χ1n) is 9.42. The SMILES string of the molecule is Cn1c(C2CCN(S(C)(=O)=O)CC2)nn(CC(=O)Nc2cccc(C(F)(F)F)c2)c1=O. The Morgan fingerprint density at radius 3 is 2.48 bits per heavy atom. The number of rotatable bonds is 5. The Morgan fingerprint density at radius 1 is 1.26 bits per heavy atom. The number of alkyl halides is 3. The molecule has 1 fully saturated rings. The van der Waals surface area contributed by atoms with Gasteiger partial charge in [0, 0.05) is 31.7 Å². The Labute approximate surface area is 176 Å². The van der Waals surface area contributed by atoms with E-state index in [2.05, 4.69) is 10.4 Å². The van der Waals surface area contributed by atoms with Crippen molar-refractivity contribution in [3.8, 4) is 0 Å². The van der Waals surface area contributed by atoms with Crippen molar-refractivity contribution in [2.45, 2.75) is 31.5 Å². The molecule has 1 amide bonds. The maximum Gasteiger partial charge on any atom is 0.416 e. The normalized spacial score (nSPS) is 16.4. The number of halogens is 3. The van der Waals surface area contributed by atoms with Crippen LogP contribution in [0, 0.1) is 0 Å². The maximum atomic E-state index is 12.8. The van der Waals surface area contributed by atoms with Crippen LogP contribution in [0.1, 0.15) is 30.1 Å². The van der Waals surface area contributed by atoms with E-state index in [-0.39, 0.29) is 11.6 Å². The summed E-state index contributed by atoms with van der Waals surface area (Å²) >= 11 is 0. The van der Waals surface area contributed by atoms with Gasteiger partial charge in [-0.05, 0) is 31.0 Å². The summed E-state index contributed by atoms with van der Waals surface area (Å²) in [7, 11) is -1.78. The third kappa shape index (κ3) is 5.34. The Bertz CT molecular complexity index is 1130. The molecule has 170 valence electrons. The standard InChI is InChI=1S/C18H22F3N5O4S/c1-24-16(12-6-8-25(9-7-12)31(2,29)30)23-26(17(24)28)11-15(27)22-14-5-3-4-13(10-14)18(19,20)21/h3-5,10,12H,6-9,11H2,1-2H3,(H,22,27). The van der Waals surface area contributed by atoms with Crippen LogP contribution in [0.5, 0.6) is 0 Å². The summed E-state index contributed by atoms with van der Waals surface area (Å²) < 4.78 is 65.3. The fraction of sp³-hybridized carbons (Fsp3) is 0.500. The fourth-order valence-corrected chi connectivity index (χ4v) is 4.39. The minimum Gasteiger partial charge on any atom is -0.324 e. The van der Waals surface area contributed by atoms with Gasteiger partial charge in [0.2, 0.25) is 15.9 Å². The van der Waals surface area contributed by atoms with Crippen molar-refractivity contribution in [2.24, 2.45) is 7.05 Å². The smallest absolute Gasteiger partial charge is 0.324 e. The largest absolute Gasteiger partial charge is 0.416 e. The van der Waals surface area contributed by atoms with Crippen LogP contribution in [0.4, 0.5) is 18.9 Å². The molecule has 3 rings (SSSR count). The topological polar surface area (TPSA) is 106 Å². The monoisotopic (exact) mass is 461 g/mol. The summed E-state index contributed by atoms with van der Waals surface area (Å²) in [5.41, 5.74) is -1.49. The third-order valence-electron chi connectivity index (χ3n) is 5.13. The molecule has 0 atom stereocenters. The highest BCUT2D eigenvalue weighted by molar-refractivity contribution is 7.88. The highest BCUT2D eigenvalue weighted by Crippen LogP contribution is 2.30. The zero-order valence-corrected chi connectivity index (χ0v) is 17.7. The Hall–Kier alpha value is -2.67.